The molecular weight excluding hydrogens is 214 g/mol. The molecule has 1 saturated heterocycles. The molecule has 4 heteroatoms. The molecular formula is C13H15N3O. The molecule has 1 aliphatic heterocycles. The highest BCUT2D eigenvalue weighted by atomic mass is 16.1. The summed E-state index contributed by atoms with van der Waals surface area (Å²) in [4.78, 5) is 18.1. The lowest BCUT2D eigenvalue weighted by atomic mass is 9.97. The second-order valence-electron chi connectivity index (χ2n) is 4.53. The van der Waals surface area contributed by atoms with Crippen molar-refractivity contribution in [3.8, 4) is 0 Å². The van der Waals surface area contributed by atoms with Crippen LogP contribution in [0, 0.1) is 0 Å². The van der Waals surface area contributed by atoms with Gasteiger partial charge < -0.3 is 10.3 Å². The Balaban J connectivity index is 2.01. The van der Waals surface area contributed by atoms with Gasteiger partial charge in [-0.1, -0.05) is 12.5 Å². The Morgan fingerprint density at radius 3 is 3.06 bits per heavy atom. The van der Waals surface area contributed by atoms with Crippen LogP contribution in [0.1, 0.15) is 30.9 Å². The molecule has 4 nitrogen and oxygen atoms in total. The van der Waals surface area contributed by atoms with E-state index in [1.165, 1.54) is 31.0 Å². The summed E-state index contributed by atoms with van der Waals surface area (Å²) in [7, 11) is 0. The van der Waals surface area contributed by atoms with E-state index in [1.54, 1.807) is 0 Å². The van der Waals surface area contributed by atoms with Crippen LogP contribution >= 0.6 is 0 Å². The summed E-state index contributed by atoms with van der Waals surface area (Å²) in [6, 6.07) is 6.51. The molecule has 0 radical (unpaired) electrons. The number of piperidine rings is 1. The summed E-state index contributed by atoms with van der Waals surface area (Å²) < 4.78 is 0. The Morgan fingerprint density at radius 1 is 1.29 bits per heavy atom. The number of nitrogens with zero attached hydrogens (tertiary/aromatic N) is 1. The molecule has 0 amide bonds. The maximum absolute atomic E-state index is 11.1. The first kappa shape index (κ1) is 10.5. The third-order valence-corrected chi connectivity index (χ3v) is 3.31. The number of benzene rings is 1. The Hall–Kier alpha value is -1.68. The average Bonchev–Trinajstić information content (AvgIpc) is 2.39. The first-order chi connectivity index (χ1) is 8.33. The van der Waals surface area contributed by atoms with Crippen LogP contribution in [0.4, 0.5) is 0 Å². The summed E-state index contributed by atoms with van der Waals surface area (Å²) in [5.74, 6) is 0. The fourth-order valence-corrected chi connectivity index (χ4v) is 2.41. The molecule has 1 unspecified atom stereocenters. The predicted octanol–water partition coefficient (Wildman–Crippen LogP) is 1.74. The molecule has 0 aliphatic carbocycles. The van der Waals surface area contributed by atoms with Crippen LogP contribution in [0.2, 0.25) is 0 Å². The Labute approximate surface area is 99.1 Å². The van der Waals surface area contributed by atoms with Gasteiger partial charge in [0, 0.05) is 6.04 Å². The van der Waals surface area contributed by atoms with Crippen LogP contribution in [0.15, 0.2) is 29.2 Å². The lowest BCUT2D eigenvalue weighted by molar-refractivity contribution is 0.412. The molecule has 0 saturated carbocycles. The third kappa shape index (κ3) is 2.08. The molecule has 17 heavy (non-hydrogen) atoms. The van der Waals surface area contributed by atoms with Crippen LogP contribution in [0.3, 0.4) is 0 Å². The number of aromatic amines is 1. The maximum atomic E-state index is 11.1. The van der Waals surface area contributed by atoms with Gasteiger partial charge in [-0.3, -0.25) is 4.79 Å². The Bertz CT molecular complexity index is 584. The first-order valence-electron chi connectivity index (χ1n) is 6.05. The van der Waals surface area contributed by atoms with Crippen LogP contribution in [-0.4, -0.2) is 16.5 Å². The van der Waals surface area contributed by atoms with Crippen LogP contribution in [0.5, 0.6) is 0 Å². The fourth-order valence-electron chi connectivity index (χ4n) is 2.41. The summed E-state index contributed by atoms with van der Waals surface area (Å²) in [5.41, 5.74) is 2.77. The summed E-state index contributed by atoms with van der Waals surface area (Å²) in [6.07, 6.45) is 5.04. The van der Waals surface area contributed by atoms with E-state index in [0.29, 0.717) is 6.04 Å². The highest BCUT2D eigenvalue weighted by molar-refractivity contribution is 5.74. The monoisotopic (exact) mass is 229 g/mol. The number of aromatic nitrogens is 2. The number of H-pyrrole nitrogens is 1. The fraction of sp³-hybridized carbons (Fsp3) is 0.385. The molecule has 1 atom stereocenters. The highest BCUT2D eigenvalue weighted by Crippen LogP contribution is 2.24. The molecule has 1 aliphatic rings. The molecule has 2 aromatic rings. The van der Waals surface area contributed by atoms with Crippen molar-refractivity contribution in [1.82, 2.24) is 15.3 Å². The minimum Gasteiger partial charge on any atom is -0.319 e. The number of hydrogen-bond donors (Lipinski definition) is 2. The molecule has 1 aromatic heterocycles. The van der Waals surface area contributed by atoms with Gasteiger partial charge in [-0.05, 0) is 37.1 Å². The molecule has 2 heterocycles. The minimum absolute atomic E-state index is 0.152. The summed E-state index contributed by atoms with van der Waals surface area (Å²) in [5, 5.41) is 3.51. The standard InChI is InChI=1S/C13H15N3O/c17-13-8-15-12-7-9(4-5-11(12)16-13)10-3-1-2-6-14-10/h4-5,7-8,10,14H,1-3,6H2,(H,16,17). The van der Waals surface area contributed by atoms with Gasteiger partial charge in [0.1, 0.15) is 0 Å². The van der Waals surface area contributed by atoms with Crippen molar-refractivity contribution < 1.29 is 0 Å². The van der Waals surface area contributed by atoms with Gasteiger partial charge >= 0.3 is 0 Å². The molecule has 1 fully saturated rings. The molecule has 3 rings (SSSR count). The SMILES string of the molecule is O=c1cnc2cc(C3CCCCN3)ccc2[nH]1. The zero-order valence-corrected chi connectivity index (χ0v) is 9.57. The molecule has 0 bridgehead atoms. The van der Waals surface area contributed by atoms with E-state index in [1.807, 2.05) is 6.07 Å². The second kappa shape index (κ2) is 4.30. The average molecular weight is 229 g/mol. The largest absolute Gasteiger partial charge is 0.319 e. The van der Waals surface area contributed by atoms with Crippen molar-refractivity contribution in [2.24, 2.45) is 0 Å². The van der Waals surface area contributed by atoms with E-state index in [2.05, 4.69) is 27.4 Å². The van der Waals surface area contributed by atoms with E-state index in [0.717, 1.165) is 17.6 Å². The number of fused-ring (bicyclic) bond motifs is 1. The first-order valence-corrected chi connectivity index (χ1v) is 6.05. The maximum Gasteiger partial charge on any atom is 0.266 e. The lowest BCUT2D eigenvalue weighted by Gasteiger charge is -2.23. The van der Waals surface area contributed by atoms with E-state index in [9.17, 15) is 4.79 Å². The Morgan fingerprint density at radius 2 is 2.24 bits per heavy atom. The predicted molar refractivity (Wildman–Crippen MR) is 67.0 cm³/mol. The third-order valence-electron chi connectivity index (χ3n) is 3.31. The highest BCUT2D eigenvalue weighted by Gasteiger charge is 2.14. The van der Waals surface area contributed by atoms with Crippen molar-refractivity contribution >= 4 is 11.0 Å². The van der Waals surface area contributed by atoms with Gasteiger partial charge in [-0.15, -0.1) is 0 Å². The van der Waals surface area contributed by atoms with E-state index in [4.69, 9.17) is 0 Å². The van der Waals surface area contributed by atoms with E-state index < -0.39 is 0 Å². The zero-order chi connectivity index (χ0) is 11.7. The minimum atomic E-state index is -0.152. The van der Waals surface area contributed by atoms with E-state index >= 15 is 0 Å². The number of rotatable bonds is 1. The summed E-state index contributed by atoms with van der Waals surface area (Å²) in [6.45, 7) is 1.09. The van der Waals surface area contributed by atoms with Crippen molar-refractivity contribution in [3.63, 3.8) is 0 Å². The van der Waals surface area contributed by atoms with Crippen molar-refractivity contribution in [2.45, 2.75) is 25.3 Å². The van der Waals surface area contributed by atoms with Gasteiger partial charge in [0.25, 0.3) is 5.56 Å². The van der Waals surface area contributed by atoms with Crippen LogP contribution in [-0.2, 0) is 0 Å². The quantitative estimate of drug-likeness (QED) is 0.783. The van der Waals surface area contributed by atoms with Crippen molar-refractivity contribution in [1.29, 1.82) is 0 Å². The van der Waals surface area contributed by atoms with Crippen LogP contribution < -0.4 is 10.9 Å². The molecule has 1 aromatic carbocycles. The van der Waals surface area contributed by atoms with Gasteiger partial charge in [0.2, 0.25) is 0 Å². The molecule has 88 valence electrons. The second-order valence-corrected chi connectivity index (χ2v) is 4.53. The molecule has 2 N–H and O–H groups in total. The van der Waals surface area contributed by atoms with Gasteiger partial charge in [-0.2, -0.15) is 0 Å². The van der Waals surface area contributed by atoms with Gasteiger partial charge in [-0.25, -0.2) is 4.98 Å². The Kier molecular flexibility index (Phi) is 2.65. The molecule has 0 spiro atoms. The topological polar surface area (TPSA) is 57.8 Å². The van der Waals surface area contributed by atoms with E-state index in [-0.39, 0.29) is 5.56 Å². The summed E-state index contributed by atoms with van der Waals surface area (Å²) >= 11 is 0. The number of hydrogen-bond acceptors (Lipinski definition) is 3. The normalized spacial score (nSPS) is 20.6. The lowest BCUT2D eigenvalue weighted by Crippen LogP contribution is -2.26. The van der Waals surface area contributed by atoms with Crippen molar-refractivity contribution in [3.05, 3.63) is 40.3 Å². The zero-order valence-electron chi connectivity index (χ0n) is 9.57. The van der Waals surface area contributed by atoms with Gasteiger partial charge in [0.05, 0.1) is 17.2 Å². The number of nitrogens with one attached hydrogen (secondary N) is 2. The van der Waals surface area contributed by atoms with Crippen LogP contribution in [0.25, 0.3) is 11.0 Å². The van der Waals surface area contributed by atoms with Crippen molar-refractivity contribution in [2.75, 3.05) is 6.54 Å². The smallest absolute Gasteiger partial charge is 0.266 e. The van der Waals surface area contributed by atoms with Gasteiger partial charge in [0.15, 0.2) is 0 Å².